The molecule has 1 aromatic rings. The standard InChI is InChI=1S/C17H23ClN2O3/c18-15-6-2-1-5-14(15)16-12-20(7-9-23-16)17(21)11-19-10-13-4-3-8-22-13/h1-2,5-6,13,16,19H,3-4,7-12H2/t13-,16+/m1/s1. The van der Waals surface area contributed by atoms with Gasteiger partial charge in [-0.05, 0) is 18.9 Å². The van der Waals surface area contributed by atoms with Crippen molar-refractivity contribution in [3.63, 3.8) is 0 Å². The van der Waals surface area contributed by atoms with Crippen molar-refractivity contribution < 1.29 is 14.3 Å². The summed E-state index contributed by atoms with van der Waals surface area (Å²) in [6, 6.07) is 7.64. The average molecular weight is 339 g/mol. The fourth-order valence-electron chi connectivity index (χ4n) is 3.06. The molecular formula is C17H23ClN2O3. The second kappa shape index (κ2) is 8.11. The highest BCUT2D eigenvalue weighted by molar-refractivity contribution is 6.31. The minimum atomic E-state index is -0.153. The maximum atomic E-state index is 12.4. The number of carbonyl (C=O) groups excluding carboxylic acids is 1. The van der Waals surface area contributed by atoms with Gasteiger partial charge in [-0.25, -0.2) is 0 Å². The maximum Gasteiger partial charge on any atom is 0.236 e. The van der Waals surface area contributed by atoms with Crippen LogP contribution in [-0.2, 0) is 14.3 Å². The van der Waals surface area contributed by atoms with Crippen LogP contribution in [0.25, 0.3) is 0 Å². The Bertz CT molecular complexity index is 534. The molecule has 2 aliphatic heterocycles. The Morgan fingerprint density at radius 2 is 2.17 bits per heavy atom. The number of benzene rings is 1. The van der Waals surface area contributed by atoms with E-state index in [9.17, 15) is 4.79 Å². The van der Waals surface area contributed by atoms with Crippen LogP contribution >= 0.6 is 11.6 Å². The summed E-state index contributed by atoms with van der Waals surface area (Å²) in [5.74, 6) is 0.100. The van der Waals surface area contributed by atoms with Gasteiger partial charge in [0.05, 0.1) is 25.8 Å². The van der Waals surface area contributed by atoms with Crippen LogP contribution in [0.3, 0.4) is 0 Å². The molecule has 5 nitrogen and oxygen atoms in total. The van der Waals surface area contributed by atoms with Gasteiger partial charge in [0.25, 0.3) is 0 Å². The molecule has 0 aromatic heterocycles. The number of nitrogens with one attached hydrogen (secondary N) is 1. The lowest BCUT2D eigenvalue weighted by Gasteiger charge is -2.33. The molecule has 1 aromatic carbocycles. The first-order valence-corrected chi connectivity index (χ1v) is 8.58. The summed E-state index contributed by atoms with van der Waals surface area (Å²) < 4.78 is 11.3. The summed E-state index contributed by atoms with van der Waals surface area (Å²) in [5, 5.41) is 3.89. The SMILES string of the molecule is O=C(CNC[C@H]1CCCO1)N1CCO[C@H](c2ccccc2Cl)C1. The van der Waals surface area contributed by atoms with Crippen LogP contribution in [0, 0.1) is 0 Å². The van der Waals surface area contributed by atoms with Crippen LogP contribution in [0.15, 0.2) is 24.3 Å². The third kappa shape index (κ3) is 4.44. The highest BCUT2D eigenvalue weighted by atomic mass is 35.5. The molecule has 0 saturated carbocycles. The van der Waals surface area contributed by atoms with E-state index in [1.165, 1.54) is 0 Å². The van der Waals surface area contributed by atoms with Crippen molar-refractivity contribution in [1.29, 1.82) is 0 Å². The summed E-state index contributed by atoms with van der Waals surface area (Å²) in [5.41, 5.74) is 0.944. The summed E-state index contributed by atoms with van der Waals surface area (Å²) in [7, 11) is 0. The smallest absolute Gasteiger partial charge is 0.236 e. The van der Waals surface area contributed by atoms with Gasteiger partial charge in [-0.2, -0.15) is 0 Å². The van der Waals surface area contributed by atoms with Gasteiger partial charge in [0.2, 0.25) is 5.91 Å². The van der Waals surface area contributed by atoms with E-state index in [4.69, 9.17) is 21.1 Å². The van der Waals surface area contributed by atoms with Crippen LogP contribution in [0.1, 0.15) is 24.5 Å². The number of carbonyl (C=O) groups is 1. The molecule has 0 radical (unpaired) electrons. The fraction of sp³-hybridized carbons (Fsp3) is 0.588. The lowest BCUT2D eigenvalue weighted by molar-refractivity contribution is -0.138. The number of nitrogens with zero attached hydrogens (tertiary/aromatic N) is 1. The number of rotatable bonds is 5. The van der Waals surface area contributed by atoms with Crippen LogP contribution < -0.4 is 5.32 Å². The minimum Gasteiger partial charge on any atom is -0.377 e. The molecule has 0 aliphatic carbocycles. The number of hydrogen-bond acceptors (Lipinski definition) is 4. The Kier molecular flexibility index (Phi) is 5.89. The van der Waals surface area contributed by atoms with Crippen molar-refractivity contribution in [3.8, 4) is 0 Å². The molecule has 0 spiro atoms. The molecule has 1 N–H and O–H groups in total. The molecule has 2 aliphatic rings. The van der Waals surface area contributed by atoms with Gasteiger partial charge in [-0.15, -0.1) is 0 Å². The van der Waals surface area contributed by atoms with E-state index in [0.29, 0.717) is 31.3 Å². The van der Waals surface area contributed by atoms with Crippen molar-refractivity contribution in [2.75, 3.05) is 39.4 Å². The number of hydrogen-bond donors (Lipinski definition) is 1. The predicted octanol–water partition coefficient (Wildman–Crippen LogP) is 2.01. The molecule has 2 atom stereocenters. The molecule has 3 rings (SSSR count). The van der Waals surface area contributed by atoms with E-state index in [-0.39, 0.29) is 18.1 Å². The predicted molar refractivity (Wildman–Crippen MR) is 88.6 cm³/mol. The Morgan fingerprint density at radius 1 is 1.30 bits per heavy atom. The van der Waals surface area contributed by atoms with E-state index < -0.39 is 0 Å². The van der Waals surface area contributed by atoms with Crippen LogP contribution in [0.2, 0.25) is 5.02 Å². The molecule has 2 heterocycles. The van der Waals surface area contributed by atoms with Gasteiger partial charge in [0, 0.05) is 30.3 Å². The van der Waals surface area contributed by atoms with Gasteiger partial charge >= 0.3 is 0 Å². The fourth-order valence-corrected chi connectivity index (χ4v) is 3.31. The summed E-state index contributed by atoms with van der Waals surface area (Å²) >= 11 is 6.23. The van der Waals surface area contributed by atoms with Crippen molar-refractivity contribution >= 4 is 17.5 Å². The zero-order chi connectivity index (χ0) is 16.1. The number of ether oxygens (including phenoxy) is 2. The van der Waals surface area contributed by atoms with Gasteiger partial charge in [-0.3, -0.25) is 4.79 Å². The Balaban J connectivity index is 1.49. The highest BCUT2D eigenvalue weighted by Gasteiger charge is 2.26. The topological polar surface area (TPSA) is 50.8 Å². The highest BCUT2D eigenvalue weighted by Crippen LogP contribution is 2.28. The molecule has 0 bridgehead atoms. The second-order valence-electron chi connectivity index (χ2n) is 5.99. The summed E-state index contributed by atoms with van der Waals surface area (Å²) in [6.07, 6.45) is 2.29. The van der Waals surface area contributed by atoms with E-state index in [1.807, 2.05) is 29.2 Å². The van der Waals surface area contributed by atoms with Crippen molar-refractivity contribution in [2.24, 2.45) is 0 Å². The van der Waals surface area contributed by atoms with Crippen molar-refractivity contribution in [3.05, 3.63) is 34.9 Å². The van der Waals surface area contributed by atoms with Gasteiger partial charge < -0.3 is 19.7 Å². The second-order valence-corrected chi connectivity index (χ2v) is 6.39. The first kappa shape index (κ1) is 16.7. The van der Waals surface area contributed by atoms with E-state index in [0.717, 1.165) is 31.6 Å². The first-order chi connectivity index (χ1) is 11.2. The summed E-state index contributed by atoms with van der Waals surface area (Å²) in [6.45, 7) is 3.63. The van der Waals surface area contributed by atoms with E-state index in [1.54, 1.807) is 0 Å². The third-order valence-corrected chi connectivity index (χ3v) is 4.69. The first-order valence-electron chi connectivity index (χ1n) is 8.20. The Labute approximate surface area is 141 Å². The van der Waals surface area contributed by atoms with Gasteiger partial charge in [-0.1, -0.05) is 29.8 Å². The molecule has 2 saturated heterocycles. The molecule has 0 unspecified atom stereocenters. The van der Waals surface area contributed by atoms with Crippen molar-refractivity contribution in [1.82, 2.24) is 10.2 Å². The van der Waals surface area contributed by atoms with Crippen molar-refractivity contribution in [2.45, 2.75) is 25.0 Å². The molecule has 23 heavy (non-hydrogen) atoms. The Hall–Kier alpha value is -1.14. The quantitative estimate of drug-likeness (QED) is 0.892. The monoisotopic (exact) mass is 338 g/mol. The minimum absolute atomic E-state index is 0.100. The largest absolute Gasteiger partial charge is 0.377 e. The number of amides is 1. The molecular weight excluding hydrogens is 316 g/mol. The van der Waals surface area contributed by atoms with E-state index >= 15 is 0 Å². The molecule has 1 amide bonds. The van der Waals surface area contributed by atoms with Gasteiger partial charge in [0.15, 0.2) is 0 Å². The molecule has 126 valence electrons. The number of morpholine rings is 1. The summed E-state index contributed by atoms with van der Waals surface area (Å²) in [4.78, 5) is 14.2. The lowest BCUT2D eigenvalue weighted by Crippen LogP contribution is -2.46. The Morgan fingerprint density at radius 3 is 2.96 bits per heavy atom. The maximum absolute atomic E-state index is 12.4. The molecule has 6 heteroatoms. The third-order valence-electron chi connectivity index (χ3n) is 4.34. The zero-order valence-electron chi connectivity index (χ0n) is 13.2. The average Bonchev–Trinajstić information content (AvgIpc) is 3.09. The zero-order valence-corrected chi connectivity index (χ0v) is 13.9. The number of halogens is 1. The van der Waals surface area contributed by atoms with Crippen LogP contribution in [0.4, 0.5) is 0 Å². The normalized spacial score (nSPS) is 24.8. The molecule has 2 fully saturated rings. The van der Waals surface area contributed by atoms with Crippen LogP contribution in [-0.4, -0.2) is 56.3 Å². The van der Waals surface area contributed by atoms with Crippen LogP contribution in [0.5, 0.6) is 0 Å². The lowest BCUT2D eigenvalue weighted by atomic mass is 10.1. The van der Waals surface area contributed by atoms with E-state index in [2.05, 4.69) is 5.32 Å². The van der Waals surface area contributed by atoms with Gasteiger partial charge in [0.1, 0.15) is 6.10 Å².